The predicted molar refractivity (Wildman–Crippen MR) is 64.8 cm³/mol. The first-order valence-corrected chi connectivity index (χ1v) is 5.92. The van der Waals surface area contributed by atoms with Gasteiger partial charge < -0.3 is 9.47 Å². The zero-order valence-corrected chi connectivity index (χ0v) is 10.7. The van der Waals surface area contributed by atoms with Crippen LogP contribution in [0.4, 0.5) is 0 Å². The van der Waals surface area contributed by atoms with Crippen LogP contribution in [-0.2, 0) is 14.3 Å². The summed E-state index contributed by atoms with van der Waals surface area (Å²) in [5, 5.41) is 0. The number of hydrogen-bond acceptors (Lipinski definition) is 3. The van der Waals surface area contributed by atoms with Crippen LogP contribution in [0.15, 0.2) is 18.2 Å². The van der Waals surface area contributed by atoms with Gasteiger partial charge in [0.05, 0.1) is 6.10 Å². The van der Waals surface area contributed by atoms with E-state index >= 15 is 0 Å². The Hall–Kier alpha value is -1.35. The van der Waals surface area contributed by atoms with Crippen LogP contribution in [0, 0.1) is 13.8 Å². The number of hydrogen-bond donors (Lipinski definition) is 0. The summed E-state index contributed by atoms with van der Waals surface area (Å²) in [6.45, 7) is 7.77. The van der Waals surface area contributed by atoms with Crippen molar-refractivity contribution in [3.63, 3.8) is 0 Å². The molecular formula is C14H18O3. The molecule has 3 nitrogen and oxygen atoms in total. The second-order valence-corrected chi connectivity index (χ2v) is 4.82. The quantitative estimate of drug-likeness (QED) is 0.596. The van der Waals surface area contributed by atoms with Crippen molar-refractivity contribution in [2.75, 3.05) is 0 Å². The third kappa shape index (κ3) is 2.67. The molecule has 17 heavy (non-hydrogen) atoms. The Labute approximate surface area is 102 Å². The molecule has 2 atom stereocenters. The fraction of sp³-hybridized carbons (Fsp3) is 0.500. The van der Waals surface area contributed by atoms with E-state index in [1.807, 2.05) is 32.9 Å². The summed E-state index contributed by atoms with van der Waals surface area (Å²) in [6.07, 6.45) is -0.632. The molecule has 0 aliphatic carbocycles. The van der Waals surface area contributed by atoms with Gasteiger partial charge in [-0.15, -0.1) is 0 Å². The number of aryl methyl sites for hydroxylation is 2. The number of epoxide rings is 1. The highest BCUT2D eigenvalue weighted by molar-refractivity contribution is 5.78. The number of rotatable bonds is 3. The van der Waals surface area contributed by atoms with E-state index < -0.39 is 6.10 Å². The number of carbonyl (C=O) groups is 1. The minimum atomic E-state index is -0.418. The van der Waals surface area contributed by atoms with Crippen LogP contribution in [0.25, 0.3) is 0 Å². The monoisotopic (exact) mass is 234 g/mol. The Morgan fingerprint density at radius 3 is 2.65 bits per heavy atom. The maximum Gasteiger partial charge on any atom is 0.338 e. The van der Waals surface area contributed by atoms with Crippen molar-refractivity contribution in [2.45, 2.75) is 46.0 Å². The normalized spacial score (nSPS) is 22.6. The molecule has 0 saturated carbocycles. The lowest BCUT2D eigenvalue weighted by atomic mass is 10.0. The molecule has 92 valence electrons. The molecule has 0 bridgehead atoms. The summed E-state index contributed by atoms with van der Waals surface area (Å²) in [6, 6.07) is 6.16. The highest BCUT2D eigenvalue weighted by Gasteiger charge is 2.48. The number of benzene rings is 1. The Bertz CT molecular complexity index is 437. The van der Waals surface area contributed by atoms with Crippen LogP contribution in [0.5, 0.6) is 0 Å². The molecule has 1 fully saturated rings. The Morgan fingerprint density at radius 2 is 2.06 bits per heavy atom. The Morgan fingerprint density at radius 1 is 1.35 bits per heavy atom. The van der Waals surface area contributed by atoms with Crippen molar-refractivity contribution in [1.82, 2.24) is 0 Å². The first-order valence-electron chi connectivity index (χ1n) is 5.92. The Kier molecular flexibility index (Phi) is 3.20. The van der Waals surface area contributed by atoms with Gasteiger partial charge in [0, 0.05) is 0 Å². The predicted octanol–water partition coefficient (Wildman–Crippen LogP) is 2.69. The molecule has 1 saturated heterocycles. The third-order valence-corrected chi connectivity index (χ3v) is 2.81. The fourth-order valence-corrected chi connectivity index (χ4v) is 1.97. The van der Waals surface area contributed by atoms with E-state index in [9.17, 15) is 4.79 Å². The molecular weight excluding hydrogens is 216 g/mol. The summed E-state index contributed by atoms with van der Waals surface area (Å²) in [5.74, 6) is -0.259. The van der Waals surface area contributed by atoms with Crippen LogP contribution in [0.3, 0.4) is 0 Å². The minimum absolute atomic E-state index is 0.0912. The molecule has 2 rings (SSSR count). The SMILES string of the molecule is Cc1ccc(C2OC2C(=O)OC(C)C)c(C)c1. The highest BCUT2D eigenvalue weighted by Crippen LogP contribution is 2.41. The second-order valence-electron chi connectivity index (χ2n) is 4.82. The van der Waals surface area contributed by atoms with Gasteiger partial charge in [-0.2, -0.15) is 0 Å². The van der Waals surface area contributed by atoms with Gasteiger partial charge in [0.2, 0.25) is 0 Å². The molecule has 2 unspecified atom stereocenters. The first-order chi connectivity index (χ1) is 7.99. The standard InChI is InChI=1S/C14H18O3/c1-8(2)16-14(15)13-12(17-13)11-6-5-9(3)7-10(11)4/h5-8,12-13H,1-4H3. The smallest absolute Gasteiger partial charge is 0.338 e. The van der Waals surface area contributed by atoms with Gasteiger partial charge in [-0.25, -0.2) is 4.79 Å². The van der Waals surface area contributed by atoms with Crippen molar-refractivity contribution in [1.29, 1.82) is 0 Å². The zero-order chi connectivity index (χ0) is 12.6. The van der Waals surface area contributed by atoms with Crippen molar-refractivity contribution in [3.05, 3.63) is 34.9 Å². The molecule has 1 aromatic rings. The first kappa shape index (κ1) is 12.1. The van der Waals surface area contributed by atoms with Crippen LogP contribution in [0.1, 0.15) is 36.6 Å². The maximum atomic E-state index is 11.6. The molecule has 1 aromatic carbocycles. The molecule has 3 heteroatoms. The lowest BCUT2D eigenvalue weighted by molar-refractivity contribution is -0.148. The average molecular weight is 234 g/mol. The van der Waals surface area contributed by atoms with Crippen LogP contribution in [0.2, 0.25) is 0 Å². The number of ether oxygens (including phenoxy) is 2. The van der Waals surface area contributed by atoms with Gasteiger partial charge in [-0.1, -0.05) is 23.8 Å². The van der Waals surface area contributed by atoms with Gasteiger partial charge in [0.15, 0.2) is 6.10 Å². The molecule has 0 amide bonds. The zero-order valence-electron chi connectivity index (χ0n) is 10.7. The van der Waals surface area contributed by atoms with E-state index in [1.165, 1.54) is 5.56 Å². The molecule has 0 N–H and O–H groups in total. The average Bonchev–Trinajstić information content (AvgIpc) is 2.96. The lowest BCUT2D eigenvalue weighted by Gasteiger charge is -2.06. The van der Waals surface area contributed by atoms with Gasteiger partial charge in [0.25, 0.3) is 0 Å². The van der Waals surface area contributed by atoms with Gasteiger partial charge in [-0.05, 0) is 38.8 Å². The van der Waals surface area contributed by atoms with Crippen molar-refractivity contribution >= 4 is 5.97 Å². The summed E-state index contributed by atoms with van der Waals surface area (Å²) in [5.41, 5.74) is 3.46. The minimum Gasteiger partial charge on any atom is -0.461 e. The van der Waals surface area contributed by atoms with E-state index in [4.69, 9.17) is 9.47 Å². The van der Waals surface area contributed by atoms with E-state index in [1.54, 1.807) is 0 Å². The summed E-state index contributed by atoms with van der Waals surface area (Å²) < 4.78 is 10.5. The summed E-state index contributed by atoms with van der Waals surface area (Å²) >= 11 is 0. The third-order valence-electron chi connectivity index (χ3n) is 2.81. The Balaban J connectivity index is 2.05. The van der Waals surface area contributed by atoms with E-state index in [2.05, 4.69) is 13.0 Å². The van der Waals surface area contributed by atoms with Crippen molar-refractivity contribution < 1.29 is 14.3 Å². The van der Waals surface area contributed by atoms with E-state index in [0.717, 1.165) is 11.1 Å². The number of esters is 1. The van der Waals surface area contributed by atoms with E-state index in [0.29, 0.717) is 0 Å². The van der Waals surface area contributed by atoms with E-state index in [-0.39, 0.29) is 18.2 Å². The second kappa shape index (κ2) is 4.49. The highest BCUT2D eigenvalue weighted by atomic mass is 16.6. The lowest BCUT2D eigenvalue weighted by Crippen LogP contribution is -2.17. The summed E-state index contributed by atoms with van der Waals surface area (Å²) in [4.78, 5) is 11.6. The van der Waals surface area contributed by atoms with Crippen molar-refractivity contribution in [2.24, 2.45) is 0 Å². The fourth-order valence-electron chi connectivity index (χ4n) is 1.97. The number of carbonyl (C=O) groups excluding carboxylic acids is 1. The van der Waals surface area contributed by atoms with Gasteiger partial charge >= 0.3 is 5.97 Å². The maximum absolute atomic E-state index is 11.6. The summed E-state index contributed by atoms with van der Waals surface area (Å²) in [7, 11) is 0. The molecule has 0 radical (unpaired) electrons. The van der Waals surface area contributed by atoms with Gasteiger partial charge in [0.1, 0.15) is 6.10 Å². The van der Waals surface area contributed by atoms with Crippen molar-refractivity contribution in [3.8, 4) is 0 Å². The molecule has 1 aliphatic heterocycles. The van der Waals surface area contributed by atoms with Gasteiger partial charge in [-0.3, -0.25) is 0 Å². The van der Waals surface area contributed by atoms with Crippen LogP contribution in [-0.4, -0.2) is 18.2 Å². The molecule has 1 aliphatic rings. The molecule has 1 heterocycles. The largest absolute Gasteiger partial charge is 0.461 e. The molecule has 0 spiro atoms. The van der Waals surface area contributed by atoms with Crippen LogP contribution < -0.4 is 0 Å². The van der Waals surface area contributed by atoms with Crippen LogP contribution >= 0.6 is 0 Å². The molecule has 0 aromatic heterocycles. The topological polar surface area (TPSA) is 38.8 Å².